The largest absolute Gasteiger partial charge is 0.465 e. The molecule has 7 nitrogen and oxygen atoms in total. The fourth-order valence-electron chi connectivity index (χ4n) is 5.36. The molecular formula is C26H38N4O3S. The first-order valence-electron chi connectivity index (χ1n) is 12.6. The molecule has 0 radical (unpaired) electrons. The molecule has 0 saturated heterocycles. The third-order valence-electron chi connectivity index (χ3n) is 7.53. The summed E-state index contributed by atoms with van der Waals surface area (Å²) < 4.78 is 7.10. The molecule has 186 valence electrons. The molecule has 0 N–H and O–H groups in total. The maximum Gasteiger partial charge on any atom is 0.350 e. The van der Waals surface area contributed by atoms with Crippen LogP contribution in [0.2, 0.25) is 0 Å². The molecule has 2 aliphatic carbocycles. The number of carbonyl (C=O) groups excluding carboxylic acids is 2. The highest BCUT2D eigenvalue weighted by Crippen LogP contribution is 2.42. The number of anilines is 1. The summed E-state index contributed by atoms with van der Waals surface area (Å²) in [5.74, 6) is 0.518. The van der Waals surface area contributed by atoms with Crippen molar-refractivity contribution in [2.24, 2.45) is 11.8 Å². The predicted molar refractivity (Wildman–Crippen MR) is 134 cm³/mol. The first-order chi connectivity index (χ1) is 16.2. The number of nitrogens with zero attached hydrogens (tertiary/aromatic N) is 4. The minimum atomic E-state index is -0.359. The van der Waals surface area contributed by atoms with E-state index in [1.807, 2.05) is 15.8 Å². The van der Waals surface area contributed by atoms with Crippen LogP contribution in [-0.4, -0.2) is 40.0 Å². The van der Waals surface area contributed by atoms with Gasteiger partial charge in [0.1, 0.15) is 4.88 Å². The number of hydrogen-bond acceptors (Lipinski definition) is 6. The SMILES string of the molecule is COC(=O)c1sc(C(C)(C)C)cc1N(C(=O)C1CCC(C)CC1)C1CCC(n2ccnn2)CC1. The van der Waals surface area contributed by atoms with Crippen LogP contribution in [0, 0.1) is 11.8 Å². The maximum atomic E-state index is 14.1. The Balaban J connectivity index is 1.68. The van der Waals surface area contributed by atoms with Gasteiger partial charge < -0.3 is 9.64 Å². The first-order valence-corrected chi connectivity index (χ1v) is 13.4. The van der Waals surface area contributed by atoms with Crippen LogP contribution in [0.4, 0.5) is 5.69 Å². The number of rotatable bonds is 5. The number of esters is 1. The van der Waals surface area contributed by atoms with Crippen LogP contribution in [-0.2, 0) is 14.9 Å². The quantitative estimate of drug-likeness (QED) is 0.502. The molecule has 0 bridgehead atoms. The summed E-state index contributed by atoms with van der Waals surface area (Å²) in [6, 6.07) is 2.44. The second kappa shape index (κ2) is 10.2. The highest BCUT2D eigenvalue weighted by Gasteiger charge is 2.38. The molecule has 0 aliphatic heterocycles. The lowest BCUT2D eigenvalue weighted by Crippen LogP contribution is -2.46. The van der Waals surface area contributed by atoms with Gasteiger partial charge in [-0.2, -0.15) is 0 Å². The van der Waals surface area contributed by atoms with Crippen LogP contribution in [0.1, 0.15) is 99.7 Å². The molecule has 1 amide bonds. The van der Waals surface area contributed by atoms with Gasteiger partial charge in [0, 0.05) is 23.0 Å². The summed E-state index contributed by atoms with van der Waals surface area (Å²) in [7, 11) is 1.42. The lowest BCUT2D eigenvalue weighted by atomic mass is 9.81. The van der Waals surface area contributed by atoms with E-state index < -0.39 is 0 Å². The van der Waals surface area contributed by atoms with Crippen LogP contribution in [0.5, 0.6) is 0 Å². The standard InChI is InChI=1S/C26H38N4O3S/c1-17-6-8-18(9-7-17)24(31)30(20-12-10-19(11-13-20)29-15-14-27-28-29)21-16-22(26(2,3)4)34-23(21)25(32)33-5/h14-20H,6-13H2,1-5H3. The summed E-state index contributed by atoms with van der Waals surface area (Å²) in [4.78, 5) is 30.6. The van der Waals surface area contributed by atoms with Crippen molar-refractivity contribution in [2.45, 2.75) is 96.6 Å². The Morgan fingerprint density at radius 1 is 1.09 bits per heavy atom. The molecule has 2 fully saturated rings. The van der Waals surface area contributed by atoms with E-state index in [-0.39, 0.29) is 29.3 Å². The van der Waals surface area contributed by atoms with Crippen molar-refractivity contribution in [1.29, 1.82) is 0 Å². The Hall–Kier alpha value is -2.22. The van der Waals surface area contributed by atoms with Crippen molar-refractivity contribution in [3.05, 3.63) is 28.2 Å². The number of aromatic nitrogens is 3. The topological polar surface area (TPSA) is 77.3 Å². The van der Waals surface area contributed by atoms with Crippen LogP contribution in [0.15, 0.2) is 18.5 Å². The van der Waals surface area contributed by atoms with Crippen molar-refractivity contribution < 1.29 is 14.3 Å². The van der Waals surface area contributed by atoms with Crippen LogP contribution in [0.25, 0.3) is 0 Å². The van der Waals surface area contributed by atoms with Gasteiger partial charge in [0.05, 0.1) is 25.0 Å². The third-order valence-corrected chi connectivity index (χ3v) is 9.06. The maximum absolute atomic E-state index is 14.1. The van der Waals surface area contributed by atoms with E-state index in [9.17, 15) is 9.59 Å². The number of carbonyl (C=O) groups is 2. The number of hydrogen-bond donors (Lipinski definition) is 0. The third kappa shape index (κ3) is 5.21. The average molecular weight is 487 g/mol. The predicted octanol–water partition coefficient (Wildman–Crippen LogP) is 5.77. The van der Waals surface area contributed by atoms with Gasteiger partial charge in [-0.25, -0.2) is 9.48 Å². The number of methoxy groups -OCH3 is 1. The molecule has 4 rings (SSSR count). The molecule has 34 heavy (non-hydrogen) atoms. The fraction of sp³-hybridized carbons (Fsp3) is 0.692. The molecule has 0 atom stereocenters. The van der Waals surface area contributed by atoms with Crippen molar-refractivity contribution in [1.82, 2.24) is 15.0 Å². The van der Waals surface area contributed by atoms with E-state index in [1.54, 1.807) is 6.20 Å². The molecule has 0 unspecified atom stereocenters. The van der Waals surface area contributed by atoms with Gasteiger partial charge in [0.2, 0.25) is 5.91 Å². The van der Waals surface area contributed by atoms with E-state index in [0.717, 1.165) is 61.9 Å². The molecule has 0 spiro atoms. The van der Waals surface area contributed by atoms with Crippen LogP contribution < -0.4 is 4.90 Å². The Morgan fingerprint density at radius 3 is 2.32 bits per heavy atom. The molecule has 2 heterocycles. The van der Waals surface area contributed by atoms with Gasteiger partial charge in [-0.05, 0) is 68.8 Å². The van der Waals surface area contributed by atoms with Gasteiger partial charge in [-0.1, -0.05) is 32.9 Å². The zero-order valence-corrected chi connectivity index (χ0v) is 21.9. The average Bonchev–Trinajstić information content (AvgIpc) is 3.50. The zero-order valence-electron chi connectivity index (χ0n) is 21.1. The number of amides is 1. The fourth-order valence-corrected chi connectivity index (χ4v) is 6.49. The van der Waals surface area contributed by atoms with Crippen molar-refractivity contribution >= 4 is 28.9 Å². The van der Waals surface area contributed by atoms with E-state index in [4.69, 9.17) is 4.74 Å². The summed E-state index contributed by atoms with van der Waals surface area (Å²) in [6.45, 7) is 8.69. The first kappa shape index (κ1) is 24.9. The minimum Gasteiger partial charge on any atom is -0.465 e. The molecule has 2 saturated carbocycles. The number of thiophene rings is 1. The molecular weight excluding hydrogens is 448 g/mol. The van der Waals surface area contributed by atoms with Gasteiger partial charge in [-0.3, -0.25) is 4.79 Å². The molecule has 2 aliphatic rings. The van der Waals surface area contributed by atoms with Gasteiger partial charge in [0.15, 0.2) is 0 Å². The Kier molecular flexibility index (Phi) is 7.45. The monoisotopic (exact) mass is 486 g/mol. The highest BCUT2D eigenvalue weighted by molar-refractivity contribution is 7.14. The lowest BCUT2D eigenvalue weighted by Gasteiger charge is -2.39. The van der Waals surface area contributed by atoms with Crippen molar-refractivity contribution in [3.8, 4) is 0 Å². The van der Waals surface area contributed by atoms with E-state index in [2.05, 4.69) is 44.1 Å². The number of ether oxygens (including phenoxy) is 1. The molecule has 8 heteroatoms. The normalized spacial score (nSPS) is 25.7. The van der Waals surface area contributed by atoms with Crippen molar-refractivity contribution in [3.63, 3.8) is 0 Å². The van der Waals surface area contributed by atoms with E-state index in [0.29, 0.717) is 16.8 Å². The van der Waals surface area contributed by atoms with E-state index in [1.165, 1.54) is 18.4 Å². The summed E-state index contributed by atoms with van der Waals surface area (Å²) in [5.41, 5.74) is 0.625. The smallest absolute Gasteiger partial charge is 0.350 e. The van der Waals surface area contributed by atoms with Gasteiger partial charge in [0.25, 0.3) is 0 Å². The van der Waals surface area contributed by atoms with Crippen LogP contribution in [0.3, 0.4) is 0 Å². The minimum absolute atomic E-state index is 0.0210. The Morgan fingerprint density at radius 2 is 1.76 bits per heavy atom. The van der Waals surface area contributed by atoms with E-state index >= 15 is 0 Å². The van der Waals surface area contributed by atoms with Crippen LogP contribution >= 0.6 is 11.3 Å². The van der Waals surface area contributed by atoms with Gasteiger partial charge in [-0.15, -0.1) is 16.4 Å². The highest BCUT2D eigenvalue weighted by atomic mass is 32.1. The summed E-state index contributed by atoms with van der Waals surface area (Å²) >= 11 is 1.46. The van der Waals surface area contributed by atoms with Crippen molar-refractivity contribution in [2.75, 3.05) is 12.0 Å². The molecule has 2 aromatic rings. The van der Waals surface area contributed by atoms with Gasteiger partial charge >= 0.3 is 5.97 Å². The second-order valence-electron chi connectivity index (χ2n) is 11.1. The summed E-state index contributed by atoms with van der Waals surface area (Å²) in [5, 5.41) is 8.15. The Labute approximate surface area is 206 Å². The summed E-state index contributed by atoms with van der Waals surface area (Å²) in [6.07, 6.45) is 11.3. The lowest BCUT2D eigenvalue weighted by molar-refractivity contribution is -0.124. The molecule has 2 aromatic heterocycles. The Bertz CT molecular complexity index is 978. The zero-order chi connectivity index (χ0) is 24.5. The second-order valence-corrected chi connectivity index (χ2v) is 12.1. The molecule has 0 aromatic carbocycles.